The number of hydrogen-bond donors (Lipinski definition) is 3. The van der Waals surface area contributed by atoms with E-state index in [2.05, 4.69) is 5.32 Å². The van der Waals surface area contributed by atoms with Gasteiger partial charge in [0.1, 0.15) is 17.6 Å². The lowest BCUT2D eigenvalue weighted by Crippen LogP contribution is -2.31. The van der Waals surface area contributed by atoms with Gasteiger partial charge in [-0.3, -0.25) is 5.32 Å². The number of ether oxygens (including phenoxy) is 2. The Bertz CT molecular complexity index is 1120. The predicted molar refractivity (Wildman–Crippen MR) is 136 cm³/mol. The van der Waals surface area contributed by atoms with Gasteiger partial charge in [-0.15, -0.1) is 11.8 Å². The Morgan fingerprint density at radius 1 is 1.00 bits per heavy atom. The molecule has 0 aliphatic rings. The van der Waals surface area contributed by atoms with Crippen LogP contribution in [-0.4, -0.2) is 34.6 Å². The molecule has 0 spiro atoms. The lowest BCUT2D eigenvalue weighted by atomic mass is 10.00. The number of hydrogen-bond acceptors (Lipinski definition) is 6. The molecule has 0 saturated carbocycles. The van der Waals surface area contributed by atoms with E-state index in [1.54, 1.807) is 48.2 Å². The molecule has 3 aromatic carbocycles. The number of carboxylic acid groups (broad SMARTS) is 1. The zero-order valence-electron chi connectivity index (χ0n) is 19.2. The van der Waals surface area contributed by atoms with E-state index in [1.807, 2.05) is 36.6 Å². The first kappa shape index (κ1) is 25.7. The second-order valence-corrected chi connectivity index (χ2v) is 8.44. The Balaban J connectivity index is 1.85. The van der Waals surface area contributed by atoms with Gasteiger partial charge in [0, 0.05) is 16.7 Å². The number of amides is 1. The summed E-state index contributed by atoms with van der Waals surface area (Å²) in [5, 5.41) is 21.4. The van der Waals surface area contributed by atoms with Gasteiger partial charge in [0.2, 0.25) is 0 Å². The molecule has 0 fully saturated rings. The molecule has 0 radical (unpaired) electrons. The maximum absolute atomic E-state index is 12.9. The highest BCUT2D eigenvalue weighted by Crippen LogP contribution is 2.30. The second kappa shape index (κ2) is 13.1. The van der Waals surface area contributed by atoms with Crippen molar-refractivity contribution in [3.05, 3.63) is 96.6 Å². The largest absolute Gasteiger partial charge is 0.508 e. The highest BCUT2D eigenvalue weighted by molar-refractivity contribution is 7.98. The smallest absolute Gasteiger partial charge is 0.412 e. The first-order valence-electron chi connectivity index (χ1n) is 11.0. The number of para-hydroxylation sites is 1. The third kappa shape index (κ3) is 8.42. The quantitative estimate of drug-likeness (QED) is 0.213. The van der Waals surface area contributed by atoms with Gasteiger partial charge in [-0.05, 0) is 73.2 Å². The predicted octanol–water partition coefficient (Wildman–Crippen LogP) is 6.27. The number of nitrogens with one attached hydrogen (secondary N) is 1. The first-order chi connectivity index (χ1) is 16.9. The Kier molecular flexibility index (Phi) is 9.62. The highest BCUT2D eigenvalue weighted by Gasteiger charge is 2.29. The fraction of sp³-hybridized carbons (Fsp3) is 0.185. The molecule has 0 aliphatic carbocycles. The second-order valence-electron chi connectivity index (χ2n) is 7.56. The van der Waals surface area contributed by atoms with E-state index in [9.17, 15) is 14.7 Å². The molecular weight excluding hydrogens is 466 g/mol. The van der Waals surface area contributed by atoms with Crippen LogP contribution in [0.4, 0.5) is 10.5 Å². The van der Waals surface area contributed by atoms with Gasteiger partial charge in [-0.2, -0.15) is 0 Å². The number of allylic oxidation sites excluding steroid dienone is 1. The summed E-state index contributed by atoms with van der Waals surface area (Å²) in [6, 6.07) is 22.8. The van der Waals surface area contributed by atoms with E-state index < -0.39 is 24.3 Å². The van der Waals surface area contributed by atoms with Crippen molar-refractivity contribution in [3.63, 3.8) is 0 Å². The molecule has 2 atom stereocenters. The third-order valence-electron chi connectivity index (χ3n) is 5.04. The monoisotopic (exact) mass is 493 g/mol. The van der Waals surface area contributed by atoms with Gasteiger partial charge >= 0.3 is 12.1 Å². The maximum atomic E-state index is 12.9. The number of rotatable bonds is 11. The number of phenols is 1. The number of phenolic OH excluding ortho intramolecular Hbond substituents is 1. The van der Waals surface area contributed by atoms with Crippen LogP contribution < -0.4 is 10.1 Å². The van der Waals surface area contributed by atoms with E-state index >= 15 is 0 Å². The Morgan fingerprint density at radius 2 is 1.69 bits per heavy atom. The van der Waals surface area contributed by atoms with Crippen molar-refractivity contribution in [2.24, 2.45) is 0 Å². The van der Waals surface area contributed by atoms with Crippen molar-refractivity contribution >= 4 is 29.5 Å². The third-order valence-corrected chi connectivity index (χ3v) is 5.78. The molecule has 3 aromatic rings. The van der Waals surface area contributed by atoms with E-state index in [0.717, 1.165) is 11.0 Å². The van der Waals surface area contributed by atoms with Crippen LogP contribution in [0.5, 0.6) is 11.5 Å². The van der Waals surface area contributed by atoms with Gasteiger partial charge in [-0.1, -0.05) is 36.4 Å². The summed E-state index contributed by atoms with van der Waals surface area (Å²) in [7, 11) is 0. The molecule has 1 amide bonds. The maximum Gasteiger partial charge on any atom is 0.412 e. The van der Waals surface area contributed by atoms with Crippen LogP contribution in [0.25, 0.3) is 0 Å². The zero-order valence-corrected chi connectivity index (χ0v) is 20.0. The number of carboxylic acids is 1. The van der Waals surface area contributed by atoms with E-state index in [-0.39, 0.29) is 5.75 Å². The fourth-order valence-electron chi connectivity index (χ4n) is 3.35. The summed E-state index contributed by atoms with van der Waals surface area (Å²) in [5.41, 5.74) is 1.21. The molecular formula is C27H27NO6S. The van der Waals surface area contributed by atoms with Crippen molar-refractivity contribution in [2.75, 3.05) is 11.6 Å². The highest BCUT2D eigenvalue weighted by atomic mass is 32.2. The van der Waals surface area contributed by atoms with E-state index in [0.29, 0.717) is 29.8 Å². The molecule has 3 rings (SSSR count). The Labute approximate surface area is 208 Å². The van der Waals surface area contributed by atoms with Crippen molar-refractivity contribution in [2.45, 2.75) is 29.9 Å². The van der Waals surface area contributed by atoms with Crippen LogP contribution in [-0.2, 0) is 9.53 Å². The van der Waals surface area contributed by atoms with Crippen molar-refractivity contribution in [1.29, 1.82) is 0 Å². The molecule has 35 heavy (non-hydrogen) atoms. The van der Waals surface area contributed by atoms with Crippen molar-refractivity contribution < 1.29 is 29.3 Å². The van der Waals surface area contributed by atoms with E-state index in [1.165, 1.54) is 18.2 Å². The van der Waals surface area contributed by atoms with Crippen LogP contribution in [0.3, 0.4) is 0 Å². The minimum absolute atomic E-state index is 0.0794. The summed E-state index contributed by atoms with van der Waals surface area (Å²) in [6.45, 7) is 0. The molecule has 182 valence electrons. The number of aromatic hydroxyl groups is 1. The standard InChI is InChI=1S/C27H27NO6S/c1-35-23-17-13-20(14-18-23)28-27(32)34-26(19-11-15-21(29)16-12-19)24(9-5-6-10-25(30)31)33-22-7-3-2-4-8-22/h2-4,6-8,10-18,24,26,29H,5,9H2,1H3,(H,28,32)(H,30,31)/b10-6+/t24-,26-/m1/s1. The minimum Gasteiger partial charge on any atom is -0.508 e. The Hall–Kier alpha value is -3.91. The Morgan fingerprint density at radius 3 is 2.31 bits per heavy atom. The molecule has 0 heterocycles. The van der Waals surface area contributed by atoms with Crippen molar-refractivity contribution in [1.82, 2.24) is 0 Å². The number of aliphatic carboxylic acids is 1. The molecule has 0 bridgehead atoms. The minimum atomic E-state index is -1.04. The molecule has 0 aromatic heterocycles. The van der Waals surface area contributed by atoms with Crippen LogP contribution in [0.15, 0.2) is 95.9 Å². The summed E-state index contributed by atoms with van der Waals surface area (Å²) < 4.78 is 12.0. The number of carbonyl (C=O) groups is 2. The van der Waals surface area contributed by atoms with E-state index in [4.69, 9.17) is 14.6 Å². The van der Waals surface area contributed by atoms with Gasteiger partial charge in [0.05, 0.1) is 0 Å². The number of thioether (sulfide) groups is 1. The normalized spacial score (nSPS) is 12.6. The molecule has 8 heteroatoms. The molecule has 7 nitrogen and oxygen atoms in total. The van der Waals surface area contributed by atoms with Crippen molar-refractivity contribution in [3.8, 4) is 11.5 Å². The lowest BCUT2D eigenvalue weighted by molar-refractivity contribution is -0.131. The van der Waals surface area contributed by atoms with Crippen LogP contribution in [0.2, 0.25) is 0 Å². The molecule has 3 N–H and O–H groups in total. The SMILES string of the molecule is CSc1ccc(NC(=O)O[C@H](c2ccc(O)cc2)[C@@H](CC/C=C/C(=O)O)Oc2ccccc2)cc1. The van der Waals surface area contributed by atoms with Crippen LogP contribution >= 0.6 is 11.8 Å². The van der Waals surface area contributed by atoms with Gasteiger partial charge in [0.15, 0.2) is 6.10 Å². The number of benzene rings is 3. The number of anilines is 1. The van der Waals surface area contributed by atoms with Crippen LogP contribution in [0, 0.1) is 0 Å². The average molecular weight is 494 g/mol. The summed E-state index contributed by atoms with van der Waals surface area (Å²) in [4.78, 5) is 24.8. The average Bonchev–Trinajstić information content (AvgIpc) is 2.86. The molecule has 0 aliphatic heterocycles. The van der Waals surface area contributed by atoms with Crippen LogP contribution in [0.1, 0.15) is 24.5 Å². The van der Waals surface area contributed by atoms with Gasteiger partial charge < -0.3 is 19.7 Å². The van der Waals surface area contributed by atoms with Gasteiger partial charge in [0.25, 0.3) is 0 Å². The number of carbonyl (C=O) groups excluding carboxylic acids is 1. The fourth-order valence-corrected chi connectivity index (χ4v) is 3.76. The topological polar surface area (TPSA) is 105 Å². The molecule has 0 saturated heterocycles. The lowest BCUT2D eigenvalue weighted by Gasteiger charge is -2.28. The van der Waals surface area contributed by atoms with Gasteiger partial charge in [-0.25, -0.2) is 9.59 Å². The summed E-state index contributed by atoms with van der Waals surface area (Å²) >= 11 is 1.60. The molecule has 0 unspecified atom stereocenters. The summed E-state index contributed by atoms with van der Waals surface area (Å²) in [6.07, 6.45) is 3.20. The summed E-state index contributed by atoms with van der Waals surface area (Å²) in [5.74, 6) is -0.375. The zero-order chi connectivity index (χ0) is 25.0. The first-order valence-corrected chi connectivity index (χ1v) is 12.2.